The van der Waals surface area contributed by atoms with Crippen molar-refractivity contribution in [3.8, 4) is 0 Å². The second kappa shape index (κ2) is 6.66. The first kappa shape index (κ1) is 14.9. The number of anilines is 1. The monoisotopic (exact) mass is 267 g/mol. The Hall–Kier alpha value is -1.20. The van der Waals surface area contributed by atoms with Crippen LogP contribution in [0.2, 0.25) is 0 Å². The zero-order valence-electron chi connectivity index (χ0n) is 11.4. The summed E-state index contributed by atoms with van der Waals surface area (Å²) in [5.74, 6) is 0.743. The van der Waals surface area contributed by atoms with Gasteiger partial charge in [-0.3, -0.25) is 0 Å². The summed E-state index contributed by atoms with van der Waals surface area (Å²) in [5.41, 5.74) is 8.55. The summed E-state index contributed by atoms with van der Waals surface area (Å²) in [6.07, 6.45) is 0.231. The average molecular weight is 267 g/mol. The molecule has 3 N–H and O–H groups in total. The van der Waals surface area contributed by atoms with Gasteiger partial charge >= 0.3 is 0 Å². The second-order valence-corrected chi connectivity index (χ2v) is 4.95. The fourth-order valence-electron chi connectivity index (χ4n) is 1.74. The second-order valence-electron chi connectivity index (χ2n) is 4.51. The molecule has 0 atom stereocenters. The predicted molar refractivity (Wildman–Crippen MR) is 79.2 cm³/mol. The van der Waals surface area contributed by atoms with Crippen LogP contribution in [0.3, 0.4) is 0 Å². The summed E-state index contributed by atoms with van der Waals surface area (Å²) in [5, 5.41) is 3.23. The highest BCUT2D eigenvalue weighted by molar-refractivity contribution is 7.80. The highest BCUT2D eigenvalue weighted by Crippen LogP contribution is 2.18. The molecule has 0 saturated carbocycles. The van der Waals surface area contributed by atoms with Crippen molar-refractivity contribution in [2.45, 2.75) is 33.8 Å². The molecule has 18 heavy (non-hydrogen) atoms. The number of nitrogens with zero attached hydrogens (tertiary/aromatic N) is 1. The molecule has 4 nitrogen and oxygen atoms in total. The molecule has 0 aliphatic rings. The Morgan fingerprint density at radius 3 is 2.72 bits per heavy atom. The molecular weight excluding hydrogens is 246 g/mol. The molecule has 1 rings (SSSR count). The van der Waals surface area contributed by atoms with Crippen molar-refractivity contribution in [3.05, 3.63) is 22.9 Å². The van der Waals surface area contributed by atoms with E-state index in [1.807, 2.05) is 33.8 Å². The first-order chi connectivity index (χ1) is 8.41. The Kier molecular flexibility index (Phi) is 5.50. The lowest BCUT2D eigenvalue weighted by Gasteiger charge is -2.14. The lowest BCUT2D eigenvalue weighted by atomic mass is 10.1. The minimum Gasteiger partial charge on any atom is -0.389 e. The minimum absolute atomic E-state index is 0.231. The van der Waals surface area contributed by atoms with Gasteiger partial charge in [-0.25, -0.2) is 4.98 Å². The van der Waals surface area contributed by atoms with Crippen LogP contribution in [0.5, 0.6) is 0 Å². The molecule has 100 valence electrons. The van der Waals surface area contributed by atoms with Crippen molar-refractivity contribution in [1.82, 2.24) is 4.98 Å². The molecule has 0 aliphatic carbocycles. The van der Waals surface area contributed by atoms with Gasteiger partial charge in [0, 0.05) is 12.2 Å². The van der Waals surface area contributed by atoms with E-state index in [4.69, 9.17) is 22.7 Å². The first-order valence-corrected chi connectivity index (χ1v) is 6.46. The number of pyridine rings is 1. The van der Waals surface area contributed by atoms with Crippen molar-refractivity contribution < 1.29 is 4.74 Å². The van der Waals surface area contributed by atoms with Crippen molar-refractivity contribution >= 4 is 23.0 Å². The number of nitrogens with two attached hydrogens (primary N) is 1. The van der Waals surface area contributed by atoms with Gasteiger partial charge in [-0.2, -0.15) is 0 Å². The molecule has 0 aromatic carbocycles. The Bertz CT molecular complexity index is 432. The lowest BCUT2D eigenvalue weighted by Crippen LogP contribution is -2.19. The zero-order valence-corrected chi connectivity index (χ0v) is 12.2. The van der Waals surface area contributed by atoms with Crippen molar-refractivity contribution in [3.63, 3.8) is 0 Å². The van der Waals surface area contributed by atoms with E-state index < -0.39 is 0 Å². The van der Waals surface area contributed by atoms with Gasteiger partial charge < -0.3 is 15.8 Å². The highest BCUT2D eigenvalue weighted by atomic mass is 32.1. The maximum Gasteiger partial charge on any atom is 0.136 e. The van der Waals surface area contributed by atoms with Crippen LogP contribution in [0.25, 0.3) is 0 Å². The fourth-order valence-corrected chi connectivity index (χ4v) is 2.00. The van der Waals surface area contributed by atoms with Crippen molar-refractivity contribution in [2.24, 2.45) is 5.73 Å². The van der Waals surface area contributed by atoms with Crippen LogP contribution in [-0.2, 0) is 4.74 Å². The molecular formula is C13H21N3OS. The molecule has 1 aromatic heterocycles. The number of aryl methyl sites for hydroxylation is 2. The smallest absolute Gasteiger partial charge is 0.136 e. The molecule has 0 unspecified atom stereocenters. The maximum atomic E-state index is 5.74. The number of rotatable bonds is 6. The standard InChI is InChI=1S/C13H21N3OS/c1-8(2)17-6-5-15-13-11(12(14)18)9(3)7-10(4)16-13/h7-8H,5-6H2,1-4H3,(H2,14,18)(H,15,16). The van der Waals surface area contributed by atoms with Crippen LogP contribution in [0, 0.1) is 13.8 Å². The van der Waals surface area contributed by atoms with Gasteiger partial charge in [0.15, 0.2) is 0 Å². The van der Waals surface area contributed by atoms with Crippen LogP contribution < -0.4 is 11.1 Å². The Morgan fingerprint density at radius 1 is 1.50 bits per heavy atom. The first-order valence-electron chi connectivity index (χ1n) is 6.05. The number of hydrogen-bond acceptors (Lipinski definition) is 4. The molecule has 0 spiro atoms. The molecule has 0 fully saturated rings. The third-order valence-electron chi connectivity index (χ3n) is 2.44. The number of nitrogens with one attached hydrogen (secondary N) is 1. The van der Waals surface area contributed by atoms with Gasteiger partial charge in [-0.1, -0.05) is 12.2 Å². The molecule has 0 saturated heterocycles. The summed E-state index contributed by atoms with van der Waals surface area (Å²) >= 11 is 5.07. The summed E-state index contributed by atoms with van der Waals surface area (Å²) in [6.45, 7) is 9.27. The number of thiocarbonyl (C=S) groups is 1. The largest absolute Gasteiger partial charge is 0.389 e. The molecule has 1 heterocycles. The van der Waals surface area contributed by atoms with Gasteiger partial charge in [0.25, 0.3) is 0 Å². The van der Waals surface area contributed by atoms with Crippen molar-refractivity contribution in [2.75, 3.05) is 18.5 Å². The van der Waals surface area contributed by atoms with E-state index in [2.05, 4.69) is 10.3 Å². The highest BCUT2D eigenvalue weighted by Gasteiger charge is 2.10. The average Bonchev–Trinajstić information content (AvgIpc) is 2.22. The van der Waals surface area contributed by atoms with E-state index in [1.165, 1.54) is 0 Å². The summed E-state index contributed by atoms with van der Waals surface area (Å²) in [6, 6.07) is 1.98. The zero-order chi connectivity index (χ0) is 13.7. The minimum atomic E-state index is 0.231. The quantitative estimate of drug-likeness (QED) is 0.611. The van der Waals surface area contributed by atoms with Crippen LogP contribution >= 0.6 is 12.2 Å². The van der Waals surface area contributed by atoms with Crippen LogP contribution in [0.15, 0.2) is 6.07 Å². The summed E-state index contributed by atoms with van der Waals surface area (Å²) in [7, 11) is 0. The third kappa shape index (κ3) is 4.23. The number of aromatic nitrogens is 1. The van der Waals surface area contributed by atoms with Crippen molar-refractivity contribution in [1.29, 1.82) is 0 Å². The van der Waals surface area contributed by atoms with Gasteiger partial charge in [0.05, 0.1) is 18.3 Å². The van der Waals surface area contributed by atoms with Gasteiger partial charge in [-0.05, 0) is 39.3 Å². The Labute approximate surface area is 114 Å². The Balaban J connectivity index is 2.77. The maximum absolute atomic E-state index is 5.74. The number of ether oxygens (including phenoxy) is 1. The van der Waals surface area contributed by atoms with E-state index in [0.717, 1.165) is 22.6 Å². The van der Waals surface area contributed by atoms with E-state index in [9.17, 15) is 0 Å². The molecule has 5 heteroatoms. The predicted octanol–water partition coefficient (Wildman–Crippen LogP) is 2.17. The SMILES string of the molecule is Cc1cc(C)c(C(N)=S)c(NCCOC(C)C)n1. The molecule has 1 aromatic rings. The molecule has 0 radical (unpaired) electrons. The van der Waals surface area contributed by atoms with Crippen LogP contribution in [0.4, 0.5) is 5.82 Å². The normalized spacial score (nSPS) is 10.7. The fraction of sp³-hybridized carbons (Fsp3) is 0.538. The van der Waals surface area contributed by atoms with Crippen LogP contribution in [0.1, 0.15) is 30.7 Å². The van der Waals surface area contributed by atoms with E-state index in [-0.39, 0.29) is 6.10 Å². The van der Waals surface area contributed by atoms with E-state index >= 15 is 0 Å². The topological polar surface area (TPSA) is 60.2 Å². The third-order valence-corrected chi connectivity index (χ3v) is 2.64. The van der Waals surface area contributed by atoms with Gasteiger partial charge in [0.1, 0.15) is 10.8 Å². The Morgan fingerprint density at radius 2 is 2.17 bits per heavy atom. The van der Waals surface area contributed by atoms with E-state index in [1.54, 1.807) is 0 Å². The number of hydrogen-bond donors (Lipinski definition) is 2. The summed E-state index contributed by atoms with van der Waals surface area (Å²) < 4.78 is 5.47. The van der Waals surface area contributed by atoms with Gasteiger partial charge in [0.2, 0.25) is 0 Å². The van der Waals surface area contributed by atoms with Crippen LogP contribution in [-0.4, -0.2) is 29.2 Å². The molecule has 0 bridgehead atoms. The molecule has 0 amide bonds. The lowest BCUT2D eigenvalue weighted by molar-refractivity contribution is 0.0870. The summed E-state index contributed by atoms with van der Waals surface area (Å²) in [4.78, 5) is 4.81. The molecule has 0 aliphatic heterocycles. The van der Waals surface area contributed by atoms with Gasteiger partial charge in [-0.15, -0.1) is 0 Å². The van der Waals surface area contributed by atoms with E-state index in [0.29, 0.717) is 18.1 Å².